The van der Waals surface area contributed by atoms with E-state index in [4.69, 9.17) is 0 Å². The molecule has 3 rings (SSSR count). The van der Waals surface area contributed by atoms with Crippen LogP contribution in [0.15, 0.2) is 48.5 Å². The summed E-state index contributed by atoms with van der Waals surface area (Å²) in [6.07, 6.45) is 0.0755. The van der Waals surface area contributed by atoms with Gasteiger partial charge in [-0.3, -0.25) is 9.59 Å². The highest BCUT2D eigenvalue weighted by atomic mass is 127. The monoisotopic (exact) mass is 407 g/mol. The number of hydrogen-bond donors (Lipinski definition) is 3. The lowest BCUT2D eigenvalue weighted by Gasteiger charge is -2.26. The Labute approximate surface area is 141 Å². The Morgan fingerprint density at radius 1 is 1.09 bits per heavy atom. The summed E-state index contributed by atoms with van der Waals surface area (Å²) >= 11 is 2.20. The van der Waals surface area contributed by atoms with Crippen molar-refractivity contribution in [3.63, 3.8) is 0 Å². The topological polar surface area (TPSA) is 70.2 Å². The van der Waals surface area contributed by atoms with E-state index in [2.05, 4.69) is 38.5 Å². The Kier molecular flexibility index (Phi) is 4.28. The quantitative estimate of drug-likeness (QED) is 0.686. The predicted molar refractivity (Wildman–Crippen MR) is 94.9 cm³/mol. The van der Waals surface area contributed by atoms with E-state index in [1.807, 2.05) is 48.5 Å². The van der Waals surface area contributed by atoms with Gasteiger partial charge < -0.3 is 16.0 Å². The number of amides is 2. The van der Waals surface area contributed by atoms with Crippen LogP contribution in [0.4, 0.5) is 17.1 Å². The van der Waals surface area contributed by atoms with Crippen molar-refractivity contribution in [1.29, 1.82) is 0 Å². The zero-order valence-electron chi connectivity index (χ0n) is 11.6. The number of halogens is 1. The van der Waals surface area contributed by atoms with Crippen LogP contribution in [0.5, 0.6) is 0 Å². The summed E-state index contributed by atoms with van der Waals surface area (Å²) in [5, 5.41) is 8.70. The Balaban J connectivity index is 1.64. The number of para-hydroxylation sites is 2. The molecule has 1 atom stereocenters. The minimum Gasteiger partial charge on any atom is -0.372 e. The van der Waals surface area contributed by atoms with Gasteiger partial charge in [-0.15, -0.1) is 0 Å². The summed E-state index contributed by atoms with van der Waals surface area (Å²) in [7, 11) is 0. The molecule has 5 nitrogen and oxygen atoms in total. The zero-order chi connectivity index (χ0) is 15.5. The summed E-state index contributed by atoms with van der Waals surface area (Å²) < 4.78 is 1.10. The normalized spacial score (nSPS) is 16.2. The van der Waals surface area contributed by atoms with Crippen LogP contribution in [0.3, 0.4) is 0 Å². The summed E-state index contributed by atoms with van der Waals surface area (Å²) in [5.41, 5.74) is 2.29. The first-order chi connectivity index (χ1) is 10.6. The van der Waals surface area contributed by atoms with Crippen LogP contribution < -0.4 is 16.0 Å². The lowest BCUT2D eigenvalue weighted by molar-refractivity contribution is -0.122. The minimum absolute atomic E-state index is 0.0755. The number of anilines is 3. The van der Waals surface area contributed by atoms with E-state index in [-0.39, 0.29) is 18.2 Å². The van der Waals surface area contributed by atoms with Gasteiger partial charge in [-0.05, 0) is 59.0 Å². The summed E-state index contributed by atoms with van der Waals surface area (Å²) in [6, 6.07) is 14.4. The van der Waals surface area contributed by atoms with Crippen molar-refractivity contribution in [2.75, 3.05) is 16.0 Å². The molecule has 1 unspecified atom stereocenters. The zero-order valence-corrected chi connectivity index (χ0v) is 13.8. The molecule has 0 aromatic heterocycles. The SMILES string of the molecule is O=C(CC1Nc2ccccc2NC1=O)Nc1ccc(I)cc1. The van der Waals surface area contributed by atoms with Crippen LogP contribution >= 0.6 is 22.6 Å². The van der Waals surface area contributed by atoms with Gasteiger partial charge >= 0.3 is 0 Å². The molecule has 3 N–H and O–H groups in total. The largest absolute Gasteiger partial charge is 0.372 e. The van der Waals surface area contributed by atoms with Crippen molar-refractivity contribution in [1.82, 2.24) is 0 Å². The summed E-state index contributed by atoms with van der Waals surface area (Å²) in [6.45, 7) is 0. The number of benzene rings is 2. The van der Waals surface area contributed by atoms with Crippen LogP contribution in [0.25, 0.3) is 0 Å². The number of fused-ring (bicyclic) bond motifs is 1. The van der Waals surface area contributed by atoms with Crippen molar-refractivity contribution < 1.29 is 9.59 Å². The van der Waals surface area contributed by atoms with E-state index in [1.165, 1.54) is 0 Å². The van der Waals surface area contributed by atoms with Crippen LogP contribution in [-0.4, -0.2) is 17.9 Å². The fourth-order valence-corrected chi connectivity index (χ4v) is 2.63. The van der Waals surface area contributed by atoms with Crippen molar-refractivity contribution in [2.45, 2.75) is 12.5 Å². The van der Waals surface area contributed by atoms with Crippen LogP contribution in [0.2, 0.25) is 0 Å². The number of rotatable bonds is 3. The number of nitrogens with one attached hydrogen (secondary N) is 3. The van der Waals surface area contributed by atoms with E-state index < -0.39 is 6.04 Å². The van der Waals surface area contributed by atoms with Gasteiger partial charge in [0.1, 0.15) is 6.04 Å². The molecule has 1 aliphatic rings. The molecule has 112 valence electrons. The maximum Gasteiger partial charge on any atom is 0.247 e. The first kappa shape index (κ1) is 14.8. The number of hydrogen-bond acceptors (Lipinski definition) is 3. The molecular weight excluding hydrogens is 393 g/mol. The average molecular weight is 407 g/mol. The van der Waals surface area contributed by atoms with Crippen molar-refractivity contribution in [2.24, 2.45) is 0 Å². The molecule has 6 heteroatoms. The Hall–Kier alpha value is -2.09. The highest BCUT2D eigenvalue weighted by Gasteiger charge is 2.27. The molecule has 0 saturated heterocycles. The molecule has 0 radical (unpaired) electrons. The van der Waals surface area contributed by atoms with E-state index in [0.717, 1.165) is 20.6 Å². The second kappa shape index (κ2) is 6.35. The molecule has 1 heterocycles. The standard InChI is InChI=1S/C16H14IN3O2/c17-10-5-7-11(8-6-10)18-15(21)9-14-16(22)20-13-4-2-1-3-12(13)19-14/h1-8,14,19H,9H2,(H,18,21)(H,20,22). The van der Waals surface area contributed by atoms with E-state index in [0.29, 0.717) is 0 Å². The fourth-order valence-electron chi connectivity index (χ4n) is 2.27. The third-order valence-electron chi connectivity index (χ3n) is 3.35. The molecule has 0 aliphatic carbocycles. The Morgan fingerprint density at radius 3 is 2.50 bits per heavy atom. The molecule has 2 aromatic rings. The third kappa shape index (κ3) is 3.38. The molecule has 2 amide bonds. The fraction of sp³-hybridized carbons (Fsp3) is 0.125. The predicted octanol–water partition coefficient (Wildman–Crippen LogP) is 3.05. The van der Waals surface area contributed by atoms with E-state index in [9.17, 15) is 9.59 Å². The molecule has 22 heavy (non-hydrogen) atoms. The van der Waals surface area contributed by atoms with Gasteiger partial charge in [-0.25, -0.2) is 0 Å². The van der Waals surface area contributed by atoms with Gasteiger partial charge in [0.2, 0.25) is 11.8 Å². The molecule has 0 bridgehead atoms. The van der Waals surface area contributed by atoms with Gasteiger partial charge in [-0.2, -0.15) is 0 Å². The Morgan fingerprint density at radius 2 is 1.77 bits per heavy atom. The van der Waals surface area contributed by atoms with Gasteiger partial charge in [0.25, 0.3) is 0 Å². The van der Waals surface area contributed by atoms with Gasteiger partial charge in [0.15, 0.2) is 0 Å². The summed E-state index contributed by atoms with van der Waals surface area (Å²) in [4.78, 5) is 24.1. The second-order valence-corrected chi connectivity index (χ2v) is 6.24. The highest BCUT2D eigenvalue weighted by Crippen LogP contribution is 2.26. The minimum atomic E-state index is -0.571. The van der Waals surface area contributed by atoms with Crippen molar-refractivity contribution >= 4 is 51.5 Å². The molecule has 0 spiro atoms. The van der Waals surface area contributed by atoms with Gasteiger partial charge in [-0.1, -0.05) is 12.1 Å². The molecule has 0 saturated carbocycles. The van der Waals surface area contributed by atoms with E-state index >= 15 is 0 Å². The van der Waals surface area contributed by atoms with Crippen LogP contribution in [0.1, 0.15) is 6.42 Å². The highest BCUT2D eigenvalue weighted by molar-refractivity contribution is 14.1. The maximum atomic E-state index is 12.1. The number of carbonyl (C=O) groups is 2. The molecular formula is C16H14IN3O2. The molecule has 2 aromatic carbocycles. The maximum absolute atomic E-state index is 12.1. The van der Waals surface area contributed by atoms with Crippen molar-refractivity contribution in [3.05, 3.63) is 52.1 Å². The van der Waals surface area contributed by atoms with Crippen molar-refractivity contribution in [3.8, 4) is 0 Å². The average Bonchev–Trinajstić information content (AvgIpc) is 2.50. The first-order valence-electron chi connectivity index (χ1n) is 6.84. The van der Waals surface area contributed by atoms with Crippen LogP contribution in [-0.2, 0) is 9.59 Å². The Bertz CT molecular complexity index is 716. The first-order valence-corrected chi connectivity index (χ1v) is 7.91. The van der Waals surface area contributed by atoms with Crippen LogP contribution in [0, 0.1) is 3.57 Å². The lowest BCUT2D eigenvalue weighted by atomic mass is 10.1. The third-order valence-corrected chi connectivity index (χ3v) is 4.07. The lowest BCUT2D eigenvalue weighted by Crippen LogP contribution is -2.41. The molecule has 0 fully saturated rings. The second-order valence-electron chi connectivity index (χ2n) is 4.99. The van der Waals surface area contributed by atoms with Gasteiger partial charge in [0.05, 0.1) is 17.8 Å². The summed E-state index contributed by atoms with van der Waals surface area (Å²) in [5.74, 6) is -0.398. The number of carbonyl (C=O) groups excluding carboxylic acids is 2. The van der Waals surface area contributed by atoms with E-state index in [1.54, 1.807) is 0 Å². The smallest absolute Gasteiger partial charge is 0.247 e. The molecule has 1 aliphatic heterocycles. The van der Waals surface area contributed by atoms with Gasteiger partial charge in [0, 0.05) is 9.26 Å².